The average molecular weight is 467 g/mol. The lowest BCUT2D eigenvalue weighted by Gasteiger charge is -2.18. The smallest absolute Gasteiger partial charge is 0.326 e. The second-order valence-electron chi connectivity index (χ2n) is 6.74. The Morgan fingerprint density at radius 3 is 2.31 bits per heavy atom. The minimum absolute atomic E-state index is 0.0688. The fraction of sp³-hybridized carbons (Fsp3) is 0.400. The van der Waals surface area contributed by atoms with Crippen molar-refractivity contribution in [2.45, 2.75) is 38.7 Å². The van der Waals surface area contributed by atoms with Crippen LogP contribution in [0.2, 0.25) is 0 Å². The summed E-state index contributed by atoms with van der Waals surface area (Å²) < 4.78 is 36.1. The Kier molecular flexibility index (Phi) is 8.49. The van der Waals surface area contributed by atoms with Gasteiger partial charge in [0.25, 0.3) is 11.8 Å². The summed E-state index contributed by atoms with van der Waals surface area (Å²) in [6.45, 7) is 6.70. The number of benzene rings is 1. The molecule has 0 bridgehead atoms. The number of sulfonamides is 1. The quantitative estimate of drug-likeness (QED) is 0.498. The Balaban J connectivity index is 1.87. The first-order valence-electron chi connectivity index (χ1n) is 9.90. The Labute approximate surface area is 186 Å². The molecule has 2 aromatic rings. The summed E-state index contributed by atoms with van der Waals surface area (Å²) in [5.74, 6) is -1.33. The minimum atomic E-state index is -3.63. The number of anilines is 1. The number of aromatic nitrogens is 1. The summed E-state index contributed by atoms with van der Waals surface area (Å²) in [6, 6.07) is 6.88. The van der Waals surface area contributed by atoms with E-state index in [0.717, 1.165) is 0 Å². The predicted molar refractivity (Wildman–Crippen MR) is 114 cm³/mol. The van der Waals surface area contributed by atoms with Crippen molar-refractivity contribution in [1.29, 1.82) is 0 Å². The van der Waals surface area contributed by atoms with Crippen LogP contribution in [0.15, 0.2) is 39.8 Å². The van der Waals surface area contributed by atoms with E-state index >= 15 is 0 Å². The van der Waals surface area contributed by atoms with Crippen LogP contribution < -0.4 is 10.6 Å². The molecule has 1 atom stereocenters. The van der Waals surface area contributed by atoms with E-state index < -0.39 is 40.5 Å². The number of nitrogens with one attached hydrogen (secondary N) is 2. The summed E-state index contributed by atoms with van der Waals surface area (Å²) in [7, 11) is -3.63. The second-order valence-corrected chi connectivity index (χ2v) is 8.68. The number of rotatable bonds is 10. The molecule has 174 valence electrons. The zero-order valence-corrected chi connectivity index (χ0v) is 19.1. The monoisotopic (exact) mass is 466 g/mol. The molecule has 1 unspecified atom stereocenters. The molecule has 32 heavy (non-hydrogen) atoms. The van der Waals surface area contributed by atoms with Crippen LogP contribution in [0, 0.1) is 6.92 Å². The third kappa shape index (κ3) is 6.37. The van der Waals surface area contributed by atoms with Crippen LogP contribution in [0.5, 0.6) is 0 Å². The van der Waals surface area contributed by atoms with Crippen LogP contribution in [0.4, 0.5) is 5.82 Å². The van der Waals surface area contributed by atoms with E-state index in [2.05, 4.69) is 15.8 Å². The number of carbonyl (C=O) groups is 3. The molecule has 1 heterocycles. The van der Waals surface area contributed by atoms with Crippen molar-refractivity contribution in [2.24, 2.45) is 0 Å². The summed E-state index contributed by atoms with van der Waals surface area (Å²) in [4.78, 5) is 36.3. The van der Waals surface area contributed by atoms with Crippen molar-refractivity contribution < 1.29 is 32.1 Å². The van der Waals surface area contributed by atoms with Gasteiger partial charge in [-0.3, -0.25) is 14.4 Å². The Bertz CT molecular complexity index is 1060. The highest BCUT2D eigenvalue weighted by Crippen LogP contribution is 2.16. The predicted octanol–water partition coefficient (Wildman–Crippen LogP) is 1.31. The van der Waals surface area contributed by atoms with Crippen LogP contribution in [0.3, 0.4) is 0 Å². The van der Waals surface area contributed by atoms with Gasteiger partial charge in [-0.25, -0.2) is 8.42 Å². The van der Waals surface area contributed by atoms with Gasteiger partial charge in [0.1, 0.15) is 12.3 Å². The fourth-order valence-corrected chi connectivity index (χ4v) is 4.15. The number of aryl methyl sites for hydroxylation is 1. The van der Waals surface area contributed by atoms with Gasteiger partial charge in [-0.15, -0.1) is 0 Å². The number of nitrogens with zero attached hydrogens (tertiary/aromatic N) is 2. The highest BCUT2D eigenvalue weighted by atomic mass is 32.2. The van der Waals surface area contributed by atoms with Crippen LogP contribution in [0.1, 0.15) is 36.9 Å². The average Bonchev–Trinajstić information content (AvgIpc) is 3.17. The standard InChI is InChI=1S/C20H26N4O7S/c1-5-24(6-2)32(28,29)16-9-7-15(8-10-16)20(27)21-12-18(25)30-14(4)19(26)22-17-11-13(3)31-23-17/h7-11,14H,5-6,12H2,1-4H3,(H,21,27)(H,22,23,26). The maximum absolute atomic E-state index is 12.5. The van der Waals surface area contributed by atoms with E-state index in [4.69, 9.17) is 9.26 Å². The highest BCUT2D eigenvalue weighted by molar-refractivity contribution is 7.89. The lowest BCUT2D eigenvalue weighted by atomic mass is 10.2. The van der Waals surface area contributed by atoms with E-state index in [1.165, 1.54) is 41.6 Å². The van der Waals surface area contributed by atoms with E-state index in [1.54, 1.807) is 20.8 Å². The van der Waals surface area contributed by atoms with Gasteiger partial charge in [-0.1, -0.05) is 19.0 Å². The van der Waals surface area contributed by atoms with Gasteiger partial charge < -0.3 is 19.9 Å². The van der Waals surface area contributed by atoms with Crippen LogP contribution in [-0.2, 0) is 24.3 Å². The van der Waals surface area contributed by atoms with Crippen molar-refractivity contribution in [3.8, 4) is 0 Å². The summed E-state index contributed by atoms with van der Waals surface area (Å²) in [5, 5.41) is 8.40. The minimum Gasteiger partial charge on any atom is -0.451 e. The van der Waals surface area contributed by atoms with Crippen LogP contribution in [0.25, 0.3) is 0 Å². The van der Waals surface area contributed by atoms with Gasteiger partial charge in [0.2, 0.25) is 10.0 Å². The molecule has 1 aromatic carbocycles. The van der Waals surface area contributed by atoms with E-state index in [1.807, 2.05) is 0 Å². The third-order valence-corrected chi connectivity index (χ3v) is 6.47. The maximum Gasteiger partial charge on any atom is 0.326 e. The third-order valence-electron chi connectivity index (χ3n) is 4.41. The molecule has 0 saturated heterocycles. The van der Waals surface area contributed by atoms with Crippen LogP contribution in [-0.4, -0.2) is 61.4 Å². The van der Waals surface area contributed by atoms with E-state index in [9.17, 15) is 22.8 Å². The summed E-state index contributed by atoms with van der Waals surface area (Å²) >= 11 is 0. The normalized spacial score (nSPS) is 12.3. The van der Waals surface area contributed by atoms with Gasteiger partial charge >= 0.3 is 5.97 Å². The second kappa shape index (κ2) is 10.9. The number of hydrogen-bond acceptors (Lipinski definition) is 8. The molecule has 0 radical (unpaired) electrons. The Hall–Kier alpha value is -3.25. The zero-order valence-electron chi connectivity index (χ0n) is 18.2. The molecule has 0 aliphatic rings. The molecule has 2 rings (SSSR count). The van der Waals surface area contributed by atoms with Gasteiger partial charge in [0.05, 0.1) is 4.90 Å². The van der Waals surface area contributed by atoms with E-state index in [0.29, 0.717) is 18.8 Å². The molecule has 2 amide bonds. The first-order chi connectivity index (χ1) is 15.1. The van der Waals surface area contributed by atoms with Gasteiger partial charge in [0, 0.05) is 24.7 Å². The van der Waals surface area contributed by atoms with E-state index in [-0.39, 0.29) is 16.3 Å². The SMILES string of the molecule is CCN(CC)S(=O)(=O)c1ccc(C(=O)NCC(=O)OC(C)C(=O)Nc2cc(C)on2)cc1. The topological polar surface area (TPSA) is 148 Å². The molecule has 0 fully saturated rings. The van der Waals surface area contributed by atoms with Crippen molar-refractivity contribution in [3.63, 3.8) is 0 Å². The molecule has 2 N–H and O–H groups in total. The molecule has 0 aliphatic carbocycles. The van der Waals surface area contributed by atoms with Gasteiger partial charge in [-0.05, 0) is 38.1 Å². The lowest BCUT2D eigenvalue weighted by Crippen LogP contribution is -2.36. The largest absolute Gasteiger partial charge is 0.451 e. The Morgan fingerprint density at radius 1 is 1.16 bits per heavy atom. The number of carbonyl (C=O) groups excluding carboxylic acids is 3. The van der Waals surface area contributed by atoms with Crippen molar-refractivity contribution in [3.05, 3.63) is 41.7 Å². The lowest BCUT2D eigenvalue weighted by molar-refractivity contribution is -0.152. The Morgan fingerprint density at radius 2 is 1.78 bits per heavy atom. The van der Waals surface area contributed by atoms with Gasteiger partial charge in [-0.2, -0.15) is 4.31 Å². The molecule has 0 aliphatic heterocycles. The molecule has 11 nitrogen and oxygen atoms in total. The maximum atomic E-state index is 12.5. The first-order valence-corrected chi connectivity index (χ1v) is 11.3. The summed E-state index contributed by atoms with van der Waals surface area (Å²) in [5.41, 5.74) is 0.170. The number of esters is 1. The summed E-state index contributed by atoms with van der Waals surface area (Å²) in [6.07, 6.45) is -1.12. The molecule has 12 heteroatoms. The highest BCUT2D eigenvalue weighted by Gasteiger charge is 2.22. The zero-order chi connectivity index (χ0) is 23.9. The molecular weight excluding hydrogens is 440 g/mol. The van der Waals surface area contributed by atoms with Crippen LogP contribution >= 0.6 is 0 Å². The van der Waals surface area contributed by atoms with Crippen molar-refractivity contribution in [2.75, 3.05) is 25.0 Å². The first kappa shape index (κ1) is 25.0. The number of amides is 2. The van der Waals surface area contributed by atoms with Gasteiger partial charge in [0.15, 0.2) is 11.9 Å². The number of ether oxygens (including phenoxy) is 1. The van der Waals surface area contributed by atoms with Crippen molar-refractivity contribution >= 4 is 33.6 Å². The molecule has 0 saturated carbocycles. The molecule has 0 spiro atoms. The number of hydrogen-bond donors (Lipinski definition) is 2. The molecule has 1 aromatic heterocycles. The fourth-order valence-electron chi connectivity index (χ4n) is 2.69. The molecular formula is C20H26N4O7S. The van der Waals surface area contributed by atoms with Crippen molar-refractivity contribution in [1.82, 2.24) is 14.8 Å².